The highest BCUT2D eigenvalue weighted by Crippen LogP contribution is 2.10. The number of nitrogens with one attached hydrogen (secondary N) is 1. The van der Waals surface area contributed by atoms with Gasteiger partial charge in [0.1, 0.15) is 0 Å². The molecule has 0 aromatic carbocycles. The highest BCUT2D eigenvalue weighted by Gasteiger charge is 1.96. The predicted molar refractivity (Wildman–Crippen MR) is 56.3 cm³/mol. The van der Waals surface area contributed by atoms with E-state index in [1.807, 2.05) is 26.1 Å². The van der Waals surface area contributed by atoms with Crippen LogP contribution in [0.2, 0.25) is 0 Å². The molecule has 0 saturated carbocycles. The van der Waals surface area contributed by atoms with Crippen molar-refractivity contribution in [1.29, 1.82) is 0 Å². The molecule has 0 atom stereocenters. The molecule has 1 heteroatoms. The molecule has 1 nitrogen and oxygen atoms in total. The van der Waals surface area contributed by atoms with E-state index in [-0.39, 0.29) is 0 Å². The van der Waals surface area contributed by atoms with E-state index < -0.39 is 0 Å². The van der Waals surface area contributed by atoms with Crippen LogP contribution in [-0.2, 0) is 0 Å². The first-order valence-corrected chi connectivity index (χ1v) is 4.40. The molecular formula is C11H19N. The van der Waals surface area contributed by atoms with Crippen molar-refractivity contribution in [2.24, 2.45) is 0 Å². The summed E-state index contributed by atoms with van der Waals surface area (Å²) in [5.74, 6) is 0. The third-order valence-corrected chi connectivity index (χ3v) is 1.74. The Morgan fingerprint density at radius 3 is 2.58 bits per heavy atom. The smallest absolute Gasteiger partial charge is 0.0205 e. The van der Waals surface area contributed by atoms with E-state index >= 15 is 0 Å². The molecule has 0 unspecified atom stereocenters. The maximum Gasteiger partial charge on any atom is 0.0205 e. The maximum atomic E-state index is 4.00. The van der Waals surface area contributed by atoms with Crippen LogP contribution in [-0.4, -0.2) is 13.6 Å². The third-order valence-electron chi connectivity index (χ3n) is 1.74. The van der Waals surface area contributed by atoms with Gasteiger partial charge >= 0.3 is 0 Å². The van der Waals surface area contributed by atoms with Crippen LogP contribution in [0.25, 0.3) is 0 Å². The van der Waals surface area contributed by atoms with Crippen molar-refractivity contribution in [2.45, 2.75) is 20.3 Å². The highest BCUT2D eigenvalue weighted by molar-refractivity contribution is 5.32. The molecular weight excluding hydrogens is 146 g/mol. The molecule has 68 valence electrons. The van der Waals surface area contributed by atoms with Crippen molar-refractivity contribution < 1.29 is 0 Å². The Balaban J connectivity index is 4.31. The van der Waals surface area contributed by atoms with E-state index in [0.717, 1.165) is 13.0 Å². The summed E-state index contributed by atoms with van der Waals surface area (Å²) < 4.78 is 0. The van der Waals surface area contributed by atoms with Gasteiger partial charge in [0.05, 0.1) is 0 Å². The van der Waals surface area contributed by atoms with E-state index in [1.54, 1.807) is 0 Å². The molecule has 0 aliphatic heterocycles. The van der Waals surface area contributed by atoms with Crippen molar-refractivity contribution in [3.8, 4) is 0 Å². The van der Waals surface area contributed by atoms with Crippen molar-refractivity contribution in [2.75, 3.05) is 13.6 Å². The Hall–Kier alpha value is -0.820. The van der Waals surface area contributed by atoms with Gasteiger partial charge in [0.2, 0.25) is 0 Å². The summed E-state index contributed by atoms with van der Waals surface area (Å²) in [4.78, 5) is 0. The van der Waals surface area contributed by atoms with Gasteiger partial charge in [-0.05, 0) is 26.0 Å². The zero-order valence-corrected chi connectivity index (χ0v) is 8.35. The molecule has 0 rings (SSSR count). The van der Waals surface area contributed by atoms with Crippen LogP contribution in [0.4, 0.5) is 0 Å². The fourth-order valence-corrected chi connectivity index (χ4v) is 0.932. The Morgan fingerprint density at radius 1 is 1.50 bits per heavy atom. The zero-order valence-electron chi connectivity index (χ0n) is 8.35. The first kappa shape index (κ1) is 11.2. The summed E-state index contributed by atoms with van der Waals surface area (Å²) >= 11 is 0. The molecule has 1 N–H and O–H groups in total. The van der Waals surface area contributed by atoms with Crippen molar-refractivity contribution in [3.63, 3.8) is 0 Å². The average molecular weight is 165 g/mol. The summed E-state index contributed by atoms with van der Waals surface area (Å²) in [5.41, 5.74) is 2.50. The molecule has 0 heterocycles. The average Bonchev–Trinajstić information content (AvgIpc) is 2.11. The van der Waals surface area contributed by atoms with Gasteiger partial charge in [-0.3, -0.25) is 0 Å². The molecule has 0 fully saturated rings. The van der Waals surface area contributed by atoms with Gasteiger partial charge in [0.15, 0.2) is 0 Å². The lowest BCUT2D eigenvalue weighted by Gasteiger charge is -2.06. The van der Waals surface area contributed by atoms with Crippen LogP contribution in [0, 0.1) is 0 Å². The van der Waals surface area contributed by atoms with Crippen molar-refractivity contribution in [1.82, 2.24) is 5.32 Å². The van der Waals surface area contributed by atoms with Gasteiger partial charge in [-0.15, -0.1) is 0 Å². The Labute approximate surface area is 75.9 Å². The molecule has 0 amide bonds. The third kappa shape index (κ3) is 4.14. The first-order chi connectivity index (χ1) is 5.76. The first-order valence-electron chi connectivity index (χ1n) is 4.40. The Kier molecular flexibility index (Phi) is 6.39. The standard InChI is InChI=1S/C11H19N/c1-5-7-8-11(9-12-4)10(3)6-2/h5,7-8,12H,3,6,9H2,1-2,4H3. The molecule has 0 aromatic rings. The molecule has 12 heavy (non-hydrogen) atoms. The highest BCUT2D eigenvalue weighted by atomic mass is 14.8. The summed E-state index contributed by atoms with van der Waals surface area (Å²) in [6.07, 6.45) is 7.21. The fourth-order valence-electron chi connectivity index (χ4n) is 0.932. The van der Waals surface area contributed by atoms with E-state index in [1.165, 1.54) is 11.1 Å². The van der Waals surface area contributed by atoms with Crippen molar-refractivity contribution in [3.05, 3.63) is 36.0 Å². The number of hydrogen-bond acceptors (Lipinski definition) is 1. The summed E-state index contributed by atoms with van der Waals surface area (Å²) in [7, 11) is 1.95. The lowest BCUT2D eigenvalue weighted by molar-refractivity contribution is 0.874. The van der Waals surface area contributed by atoms with Gasteiger partial charge in [-0.25, -0.2) is 0 Å². The summed E-state index contributed by atoms with van der Waals surface area (Å²) in [6, 6.07) is 0. The van der Waals surface area contributed by atoms with Gasteiger partial charge in [-0.1, -0.05) is 37.3 Å². The van der Waals surface area contributed by atoms with E-state index in [2.05, 4.69) is 24.9 Å². The molecule has 0 spiro atoms. The largest absolute Gasteiger partial charge is 0.316 e. The maximum absolute atomic E-state index is 4.00. The Morgan fingerprint density at radius 2 is 2.17 bits per heavy atom. The lowest BCUT2D eigenvalue weighted by atomic mass is 10.1. The van der Waals surface area contributed by atoms with Crippen LogP contribution in [0.15, 0.2) is 36.0 Å². The SMILES string of the molecule is C=C(CC)C(=CC=CC)CNC. The minimum atomic E-state index is 0.900. The van der Waals surface area contributed by atoms with Crippen LogP contribution >= 0.6 is 0 Å². The van der Waals surface area contributed by atoms with Gasteiger partial charge in [0.25, 0.3) is 0 Å². The predicted octanol–water partition coefficient (Wildman–Crippen LogP) is 2.67. The lowest BCUT2D eigenvalue weighted by Crippen LogP contribution is -2.11. The summed E-state index contributed by atoms with van der Waals surface area (Å²) in [6.45, 7) is 9.05. The second-order valence-electron chi connectivity index (χ2n) is 2.71. The molecule has 0 bridgehead atoms. The second kappa shape index (κ2) is 6.86. The van der Waals surface area contributed by atoms with Crippen molar-refractivity contribution >= 4 is 0 Å². The Bertz CT molecular complexity index is 187. The van der Waals surface area contributed by atoms with E-state index in [4.69, 9.17) is 0 Å². The van der Waals surface area contributed by atoms with Gasteiger partial charge in [-0.2, -0.15) is 0 Å². The summed E-state index contributed by atoms with van der Waals surface area (Å²) in [5, 5.41) is 3.13. The minimum absolute atomic E-state index is 0.900. The molecule has 0 saturated heterocycles. The van der Waals surface area contributed by atoms with E-state index in [0.29, 0.717) is 0 Å². The van der Waals surface area contributed by atoms with Gasteiger partial charge < -0.3 is 5.32 Å². The monoisotopic (exact) mass is 165 g/mol. The van der Waals surface area contributed by atoms with Crippen LogP contribution < -0.4 is 5.32 Å². The molecule has 0 aromatic heterocycles. The number of allylic oxidation sites excluding steroid dienone is 3. The topological polar surface area (TPSA) is 12.0 Å². The fraction of sp³-hybridized carbons (Fsp3) is 0.455. The second-order valence-corrected chi connectivity index (χ2v) is 2.71. The van der Waals surface area contributed by atoms with E-state index in [9.17, 15) is 0 Å². The van der Waals surface area contributed by atoms with Crippen LogP contribution in [0.5, 0.6) is 0 Å². The zero-order chi connectivity index (χ0) is 9.40. The quantitative estimate of drug-likeness (QED) is 0.618. The molecule has 0 aliphatic carbocycles. The molecule has 0 radical (unpaired) electrons. The normalized spacial score (nSPS) is 12.4. The number of hydrogen-bond donors (Lipinski definition) is 1. The molecule has 0 aliphatic rings. The number of likely N-dealkylation sites (N-methyl/N-ethyl adjacent to an activating group) is 1. The van der Waals surface area contributed by atoms with Gasteiger partial charge in [0, 0.05) is 6.54 Å². The van der Waals surface area contributed by atoms with Crippen LogP contribution in [0.3, 0.4) is 0 Å². The minimum Gasteiger partial charge on any atom is -0.316 e. The van der Waals surface area contributed by atoms with Crippen LogP contribution in [0.1, 0.15) is 20.3 Å². The number of rotatable bonds is 5.